The van der Waals surface area contributed by atoms with Gasteiger partial charge in [0, 0.05) is 6.92 Å². The summed E-state index contributed by atoms with van der Waals surface area (Å²) in [6.45, 7) is 3.21. The summed E-state index contributed by atoms with van der Waals surface area (Å²) >= 11 is 0. The van der Waals surface area contributed by atoms with Gasteiger partial charge in [-0.15, -0.1) is 0 Å². The first-order chi connectivity index (χ1) is 9.06. The van der Waals surface area contributed by atoms with Crippen LogP contribution in [0.2, 0.25) is 0 Å². The van der Waals surface area contributed by atoms with E-state index in [0.29, 0.717) is 11.3 Å². The molecule has 1 amide bonds. The maximum absolute atomic E-state index is 11.4. The summed E-state index contributed by atoms with van der Waals surface area (Å²) in [6.07, 6.45) is 6.00. The minimum Gasteiger partial charge on any atom is -0.465 e. The predicted molar refractivity (Wildman–Crippen MR) is 75.3 cm³/mol. The van der Waals surface area contributed by atoms with E-state index in [1.54, 1.807) is 12.1 Å². The molecule has 1 saturated carbocycles. The Morgan fingerprint density at radius 1 is 1.16 bits per heavy atom. The van der Waals surface area contributed by atoms with Gasteiger partial charge in [-0.25, -0.2) is 4.79 Å². The maximum atomic E-state index is 11.4. The van der Waals surface area contributed by atoms with E-state index in [1.165, 1.54) is 39.7 Å². The molecule has 104 valence electrons. The molecule has 1 aliphatic rings. The lowest BCUT2D eigenvalue weighted by Gasteiger charge is -2.10. The van der Waals surface area contributed by atoms with E-state index in [1.807, 2.05) is 13.0 Å². The normalized spacial score (nSPS) is 12.6. The van der Waals surface area contributed by atoms with E-state index in [-0.39, 0.29) is 5.91 Å². The predicted octanol–water partition coefficient (Wildman–Crippen LogP) is 3.30. The first-order valence-electron chi connectivity index (χ1n) is 6.51. The molecule has 1 aromatic rings. The molecule has 1 fully saturated rings. The summed E-state index contributed by atoms with van der Waals surface area (Å²) in [5, 5.41) is 2.62. The van der Waals surface area contributed by atoms with E-state index in [2.05, 4.69) is 10.1 Å². The Labute approximate surface area is 114 Å². The Hall–Kier alpha value is -1.84. The van der Waals surface area contributed by atoms with Crippen LogP contribution in [0.4, 0.5) is 5.69 Å². The van der Waals surface area contributed by atoms with Crippen molar-refractivity contribution in [3.05, 3.63) is 29.3 Å². The highest BCUT2D eigenvalue weighted by Gasteiger charge is 2.13. The van der Waals surface area contributed by atoms with E-state index in [0.717, 1.165) is 5.56 Å². The fourth-order valence-electron chi connectivity index (χ4n) is 1.54. The van der Waals surface area contributed by atoms with Crippen molar-refractivity contribution in [2.45, 2.75) is 39.5 Å². The van der Waals surface area contributed by atoms with Crippen molar-refractivity contribution in [2.75, 3.05) is 12.4 Å². The van der Waals surface area contributed by atoms with Crippen LogP contribution in [0.1, 0.15) is 48.5 Å². The summed E-state index contributed by atoms with van der Waals surface area (Å²) in [7, 11) is 1.31. The Morgan fingerprint density at radius 3 is 2.16 bits per heavy atom. The first kappa shape index (κ1) is 15.2. The van der Waals surface area contributed by atoms with Gasteiger partial charge in [-0.05, 0) is 18.6 Å². The number of carbonyl (C=O) groups is 2. The second-order valence-corrected chi connectivity index (χ2v) is 4.58. The molecule has 4 nitrogen and oxygen atoms in total. The second-order valence-electron chi connectivity index (χ2n) is 4.58. The van der Waals surface area contributed by atoms with Crippen molar-refractivity contribution >= 4 is 17.6 Å². The van der Waals surface area contributed by atoms with Gasteiger partial charge in [-0.3, -0.25) is 4.79 Å². The number of esters is 1. The third-order valence-electron chi connectivity index (χ3n) is 2.98. The van der Waals surface area contributed by atoms with Crippen molar-refractivity contribution in [3.63, 3.8) is 0 Å². The maximum Gasteiger partial charge on any atom is 0.339 e. The fraction of sp³-hybridized carbons (Fsp3) is 0.467. The molecule has 0 saturated heterocycles. The lowest BCUT2D eigenvalue weighted by molar-refractivity contribution is -0.114. The van der Waals surface area contributed by atoms with Gasteiger partial charge in [0.05, 0.1) is 18.4 Å². The summed E-state index contributed by atoms with van der Waals surface area (Å²) in [6, 6.07) is 5.18. The van der Waals surface area contributed by atoms with Gasteiger partial charge in [0.2, 0.25) is 5.91 Å². The highest BCUT2D eigenvalue weighted by Crippen LogP contribution is 2.21. The molecule has 0 aliphatic heterocycles. The number of amides is 1. The van der Waals surface area contributed by atoms with E-state index in [9.17, 15) is 9.59 Å². The van der Waals surface area contributed by atoms with Gasteiger partial charge in [0.15, 0.2) is 0 Å². The molecule has 4 heteroatoms. The number of nitrogens with one attached hydrogen (secondary N) is 1. The van der Waals surface area contributed by atoms with Gasteiger partial charge < -0.3 is 10.1 Å². The van der Waals surface area contributed by atoms with Crippen LogP contribution in [0.3, 0.4) is 0 Å². The molecule has 1 aromatic carbocycles. The summed E-state index contributed by atoms with van der Waals surface area (Å²) in [5.41, 5.74) is 1.71. The van der Waals surface area contributed by atoms with Gasteiger partial charge in [-0.1, -0.05) is 37.8 Å². The molecule has 1 N–H and O–H groups in total. The SMILES string of the molecule is C1CCC1.COC(=O)c1cccc(C)c1NC(C)=O. The lowest BCUT2D eigenvalue weighted by atomic mass is 10.0. The van der Waals surface area contributed by atoms with Crippen molar-refractivity contribution in [3.8, 4) is 0 Å². The Balaban J connectivity index is 0.000000382. The summed E-state index contributed by atoms with van der Waals surface area (Å²) in [5.74, 6) is -0.670. The van der Waals surface area contributed by atoms with Crippen LogP contribution >= 0.6 is 0 Å². The zero-order chi connectivity index (χ0) is 14.3. The largest absolute Gasteiger partial charge is 0.465 e. The van der Waals surface area contributed by atoms with Crippen LogP contribution in [0.15, 0.2) is 18.2 Å². The molecule has 0 heterocycles. The zero-order valence-electron chi connectivity index (χ0n) is 11.8. The quantitative estimate of drug-likeness (QED) is 0.833. The Kier molecular flexibility index (Phi) is 6.06. The van der Waals surface area contributed by atoms with Crippen LogP contribution in [-0.4, -0.2) is 19.0 Å². The van der Waals surface area contributed by atoms with Crippen molar-refractivity contribution < 1.29 is 14.3 Å². The molecule has 1 aliphatic carbocycles. The molecule has 0 atom stereocenters. The highest BCUT2D eigenvalue weighted by atomic mass is 16.5. The number of rotatable bonds is 2. The molecule has 2 rings (SSSR count). The molecule has 0 spiro atoms. The standard InChI is InChI=1S/C11H13NO3.C4H8/c1-7-5-4-6-9(11(14)15-3)10(7)12-8(2)13;1-2-4-3-1/h4-6H,1-3H3,(H,12,13);1-4H2. The van der Waals surface area contributed by atoms with Crippen LogP contribution in [0.5, 0.6) is 0 Å². The number of ether oxygens (including phenoxy) is 1. The average Bonchev–Trinajstić information content (AvgIpc) is 2.28. The average molecular weight is 263 g/mol. The summed E-state index contributed by atoms with van der Waals surface area (Å²) < 4.78 is 4.62. The topological polar surface area (TPSA) is 55.4 Å². The second kappa shape index (κ2) is 7.56. The minimum atomic E-state index is -0.456. The van der Waals surface area contributed by atoms with Crippen molar-refractivity contribution in [2.24, 2.45) is 0 Å². The van der Waals surface area contributed by atoms with Gasteiger partial charge in [-0.2, -0.15) is 0 Å². The van der Waals surface area contributed by atoms with Crippen LogP contribution in [-0.2, 0) is 9.53 Å². The first-order valence-corrected chi connectivity index (χ1v) is 6.51. The number of hydrogen-bond acceptors (Lipinski definition) is 3. The van der Waals surface area contributed by atoms with E-state index >= 15 is 0 Å². The lowest BCUT2D eigenvalue weighted by Crippen LogP contribution is -2.13. The van der Waals surface area contributed by atoms with E-state index in [4.69, 9.17) is 0 Å². The molecule has 0 radical (unpaired) electrons. The van der Waals surface area contributed by atoms with Crippen molar-refractivity contribution in [1.82, 2.24) is 0 Å². The number of anilines is 1. The van der Waals surface area contributed by atoms with Gasteiger partial charge >= 0.3 is 5.97 Å². The fourth-order valence-corrected chi connectivity index (χ4v) is 1.54. The molecule has 0 bridgehead atoms. The molecular weight excluding hydrogens is 242 g/mol. The Morgan fingerprint density at radius 2 is 1.74 bits per heavy atom. The third kappa shape index (κ3) is 4.73. The van der Waals surface area contributed by atoms with Crippen LogP contribution in [0, 0.1) is 6.92 Å². The van der Waals surface area contributed by atoms with Gasteiger partial charge in [0.25, 0.3) is 0 Å². The smallest absolute Gasteiger partial charge is 0.339 e. The van der Waals surface area contributed by atoms with E-state index < -0.39 is 5.97 Å². The highest BCUT2D eigenvalue weighted by molar-refractivity contribution is 6.01. The zero-order valence-corrected chi connectivity index (χ0v) is 11.8. The number of carbonyl (C=O) groups excluding carboxylic acids is 2. The number of benzene rings is 1. The monoisotopic (exact) mass is 263 g/mol. The molecular formula is C15H21NO3. The molecule has 19 heavy (non-hydrogen) atoms. The minimum absolute atomic E-state index is 0.213. The molecule has 0 unspecified atom stereocenters. The third-order valence-corrected chi connectivity index (χ3v) is 2.98. The van der Waals surface area contributed by atoms with Crippen LogP contribution < -0.4 is 5.32 Å². The number of hydrogen-bond donors (Lipinski definition) is 1. The number of aryl methyl sites for hydroxylation is 1. The van der Waals surface area contributed by atoms with Crippen molar-refractivity contribution in [1.29, 1.82) is 0 Å². The van der Waals surface area contributed by atoms with Crippen LogP contribution in [0.25, 0.3) is 0 Å². The number of para-hydroxylation sites is 1. The summed E-state index contributed by atoms with van der Waals surface area (Å²) in [4.78, 5) is 22.4. The number of methoxy groups -OCH3 is 1. The molecule has 0 aromatic heterocycles. The Bertz CT molecular complexity index is 447. The van der Waals surface area contributed by atoms with Gasteiger partial charge in [0.1, 0.15) is 0 Å².